The first kappa shape index (κ1) is 14.3. The third-order valence-electron chi connectivity index (χ3n) is 1.88. The third-order valence-corrected chi connectivity index (χ3v) is 3.05. The van der Waals surface area contributed by atoms with E-state index in [4.69, 9.17) is 5.73 Å². The zero-order chi connectivity index (χ0) is 10.7. The van der Waals surface area contributed by atoms with Gasteiger partial charge in [0.05, 0.1) is 4.92 Å². The van der Waals surface area contributed by atoms with Crippen LogP contribution in [-0.4, -0.2) is 4.92 Å². The van der Waals surface area contributed by atoms with Gasteiger partial charge in [0, 0.05) is 17.0 Å². The van der Waals surface area contributed by atoms with E-state index in [1.165, 1.54) is 17.4 Å². The first-order chi connectivity index (χ1) is 6.50. The fraction of sp³-hybridized carbons (Fsp3) is 0.556. The van der Waals surface area contributed by atoms with Crippen LogP contribution < -0.4 is 5.73 Å². The van der Waals surface area contributed by atoms with Gasteiger partial charge in [0.1, 0.15) is 0 Å². The fourth-order valence-electron chi connectivity index (χ4n) is 1.26. The van der Waals surface area contributed by atoms with Crippen molar-refractivity contribution in [1.82, 2.24) is 0 Å². The van der Waals surface area contributed by atoms with Crippen molar-refractivity contribution >= 4 is 28.7 Å². The fourth-order valence-corrected chi connectivity index (χ4v) is 2.10. The summed E-state index contributed by atoms with van der Waals surface area (Å²) < 4.78 is 0. The second-order valence-electron chi connectivity index (χ2n) is 3.67. The number of rotatable bonds is 4. The molecule has 0 aromatic carbocycles. The summed E-state index contributed by atoms with van der Waals surface area (Å²) in [7, 11) is 0. The van der Waals surface area contributed by atoms with Gasteiger partial charge in [-0.3, -0.25) is 10.1 Å². The number of thiophene rings is 1. The topological polar surface area (TPSA) is 69.2 Å². The molecule has 4 nitrogen and oxygen atoms in total. The first-order valence-corrected chi connectivity index (χ1v) is 5.32. The average Bonchev–Trinajstić information content (AvgIpc) is 2.50. The summed E-state index contributed by atoms with van der Waals surface area (Å²) in [5, 5.41) is 10.6. The third kappa shape index (κ3) is 4.15. The molecule has 2 N–H and O–H groups in total. The molecule has 1 aromatic heterocycles. The molecule has 0 aliphatic rings. The maximum atomic E-state index is 10.4. The smallest absolute Gasteiger partial charge is 0.323 e. The van der Waals surface area contributed by atoms with E-state index in [1.807, 2.05) is 0 Å². The molecule has 0 aliphatic heterocycles. The first-order valence-electron chi connectivity index (χ1n) is 4.50. The van der Waals surface area contributed by atoms with Crippen molar-refractivity contribution < 1.29 is 4.92 Å². The zero-order valence-corrected chi connectivity index (χ0v) is 10.3. The molecule has 1 aromatic rings. The van der Waals surface area contributed by atoms with Gasteiger partial charge < -0.3 is 5.73 Å². The van der Waals surface area contributed by atoms with Crippen LogP contribution >= 0.6 is 23.7 Å². The molecular formula is C9H15ClN2O2S. The minimum atomic E-state index is -0.379. The van der Waals surface area contributed by atoms with Crippen LogP contribution in [0.4, 0.5) is 5.00 Å². The normalized spacial score (nSPS) is 12.3. The van der Waals surface area contributed by atoms with Crippen molar-refractivity contribution in [3.63, 3.8) is 0 Å². The highest BCUT2D eigenvalue weighted by atomic mass is 35.5. The van der Waals surface area contributed by atoms with Gasteiger partial charge in [-0.15, -0.1) is 12.4 Å². The van der Waals surface area contributed by atoms with Gasteiger partial charge in [-0.25, -0.2) is 0 Å². The second-order valence-corrected chi connectivity index (χ2v) is 4.76. The lowest BCUT2D eigenvalue weighted by Crippen LogP contribution is -2.11. The molecule has 86 valence electrons. The van der Waals surface area contributed by atoms with Gasteiger partial charge in [-0.2, -0.15) is 0 Å². The highest BCUT2D eigenvalue weighted by molar-refractivity contribution is 7.15. The van der Waals surface area contributed by atoms with Crippen LogP contribution in [-0.2, 0) is 0 Å². The number of nitro groups is 1. The molecule has 0 amide bonds. The summed E-state index contributed by atoms with van der Waals surface area (Å²) in [6.07, 6.45) is 0.859. The highest BCUT2D eigenvalue weighted by Crippen LogP contribution is 2.30. The number of hydrogen-bond donors (Lipinski definition) is 1. The molecule has 0 saturated carbocycles. The predicted molar refractivity (Wildman–Crippen MR) is 64.6 cm³/mol. The van der Waals surface area contributed by atoms with Crippen LogP contribution in [0.2, 0.25) is 0 Å². The Hall–Kier alpha value is -0.650. The highest BCUT2D eigenvalue weighted by Gasteiger charge is 2.15. The van der Waals surface area contributed by atoms with Gasteiger partial charge in [-0.05, 0) is 18.4 Å². The molecule has 1 heterocycles. The van der Waals surface area contributed by atoms with E-state index in [2.05, 4.69) is 13.8 Å². The Bertz CT molecular complexity index is 328. The quantitative estimate of drug-likeness (QED) is 0.659. The zero-order valence-electron chi connectivity index (χ0n) is 8.67. The molecule has 0 bridgehead atoms. The standard InChI is InChI=1S/C9H14N2O2S.ClH/c1-6(2)5-7(10)8-3-4-9(14-8)11(12)13;/h3-4,6-7H,5,10H2,1-2H3;1H/t7-;/m0./s1. The second kappa shape index (κ2) is 6.05. The maximum Gasteiger partial charge on any atom is 0.324 e. The van der Waals surface area contributed by atoms with E-state index in [-0.39, 0.29) is 28.4 Å². The van der Waals surface area contributed by atoms with Crippen LogP contribution in [0, 0.1) is 16.0 Å². The largest absolute Gasteiger partial charge is 0.324 e. The number of nitrogens with two attached hydrogens (primary N) is 1. The van der Waals surface area contributed by atoms with Crippen LogP contribution in [0.5, 0.6) is 0 Å². The van der Waals surface area contributed by atoms with Crippen LogP contribution in [0.15, 0.2) is 12.1 Å². The van der Waals surface area contributed by atoms with E-state index < -0.39 is 0 Å². The maximum absolute atomic E-state index is 10.4. The van der Waals surface area contributed by atoms with Crippen molar-refractivity contribution in [1.29, 1.82) is 0 Å². The van der Waals surface area contributed by atoms with Crippen molar-refractivity contribution in [2.75, 3.05) is 0 Å². The van der Waals surface area contributed by atoms with Gasteiger partial charge in [0.15, 0.2) is 0 Å². The number of hydrogen-bond acceptors (Lipinski definition) is 4. The van der Waals surface area contributed by atoms with Gasteiger partial charge in [0.2, 0.25) is 0 Å². The van der Waals surface area contributed by atoms with E-state index in [1.54, 1.807) is 6.07 Å². The Morgan fingerprint density at radius 1 is 1.53 bits per heavy atom. The molecule has 0 radical (unpaired) electrons. The summed E-state index contributed by atoms with van der Waals surface area (Å²) in [6, 6.07) is 3.18. The molecule has 0 saturated heterocycles. The lowest BCUT2D eigenvalue weighted by molar-refractivity contribution is -0.380. The van der Waals surface area contributed by atoms with Crippen LogP contribution in [0.25, 0.3) is 0 Å². The molecule has 0 aliphatic carbocycles. The monoisotopic (exact) mass is 250 g/mol. The SMILES string of the molecule is CC(C)C[C@H](N)c1ccc([N+](=O)[O-])s1.Cl. The Morgan fingerprint density at radius 3 is 2.53 bits per heavy atom. The van der Waals surface area contributed by atoms with Crippen LogP contribution in [0.1, 0.15) is 31.2 Å². The molecule has 1 atom stereocenters. The van der Waals surface area contributed by atoms with E-state index in [0.29, 0.717) is 5.92 Å². The Balaban J connectivity index is 0.00000196. The summed E-state index contributed by atoms with van der Waals surface area (Å²) in [6.45, 7) is 4.17. The summed E-state index contributed by atoms with van der Waals surface area (Å²) in [5.74, 6) is 0.506. The van der Waals surface area contributed by atoms with Crippen molar-refractivity contribution in [3.05, 3.63) is 27.1 Å². The molecule has 0 fully saturated rings. The van der Waals surface area contributed by atoms with Crippen LogP contribution in [0.3, 0.4) is 0 Å². The lowest BCUT2D eigenvalue weighted by Gasteiger charge is -2.11. The van der Waals surface area contributed by atoms with Gasteiger partial charge in [0.25, 0.3) is 0 Å². The van der Waals surface area contributed by atoms with Gasteiger partial charge in [-0.1, -0.05) is 25.2 Å². The molecule has 0 spiro atoms. The molecular weight excluding hydrogens is 236 g/mol. The number of halogens is 1. The number of nitrogens with zero attached hydrogens (tertiary/aromatic N) is 1. The average molecular weight is 251 g/mol. The van der Waals surface area contributed by atoms with E-state index in [9.17, 15) is 10.1 Å². The Morgan fingerprint density at radius 2 is 2.13 bits per heavy atom. The molecule has 15 heavy (non-hydrogen) atoms. The molecule has 6 heteroatoms. The minimum absolute atomic E-state index is 0. The Labute approximate surface area is 99.0 Å². The Kier molecular flexibility index (Phi) is 5.79. The summed E-state index contributed by atoms with van der Waals surface area (Å²) in [4.78, 5) is 10.9. The minimum Gasteiger partial charge on any atom is -0.323 e. The van der Waals surface area contributed by atoms with E-state index >= 15 is 0 Å². The molecule has 1 rings (SSSR count). The lowest BCUT2D eigenvalue weighted by atomic mass is 10.0. The predicted octanol–water partition coefficient (Wildman–Crippen LogP) is 3.12. The van der Waals surface area contributed by atoms with Crippen molar-refractivity contribution in [3.8, 4) is 0 Å². The van der Waals surface area contributed by atoms with Crippen molar-refractivity contribution in [2.24, 2.45) is 11.7 Å². The summed E-state index contributed by atoms with van der Waals surface area (Å²) in [5.41, 5.74) is 5.90. The van der Waals surface area contributed by atoms with Crippen molar-refractivity contribution in [2.45, 2.75) is 26.3 Å². The molecule has 0 unspecified atom stereocenters. The van der Waals surface area contributed by atoms with Gasteiger partial charge >= 0.3 is 5.00 Å². The van der Waals surface area contributed by atoms with E-state index in [0.717, 1.165) is 11.3 Å². The summed E-state index contributed by atoms with van der Waals surface area (Å²) >= 11 is 1.17.